The zero-order valence-electron chi connectivity index (χ0n) is 12.6. The quantitative estimate of drug-likeness (QED) is 0.921. The molecule has 2 aromatic rings. The third-order valence-corrected chi connectivity index (χ3v) is 4.36. The van der Waals surface area contributed by atoms with Crippen LogP contribution >= 0.6 is 0 Å². The minimum absolute atomic E-state index is 0.235. The molecule has 4 nitrogen and oxygen atoms in total. The molecule has 21 heavy (non-hydrogen) atoms. The van der Waals surface area contributed by atoms with E-state index in [4.69, 9.17) is 10.7 Å². The summed E-state index contributed by atoms with van der Waals surface area (Å²) in [5, 5.41) is 0. The molecule has 0 radical (unpaired) electrons. The van der Waals surface area contributed by atoms with Crippen molar-refractivity contribution in [2.75, 3.05) is 19.6 Å². The normalized spacial score (nSPS) is 17.7. The molecular formula is C16H23FN4. The molecule has 0 saturated carbocycles. The third-order valence-electron chi connectivity index (χ3n) is 4.36. The Bertz CT molecular complexity index is 616. The molecule has 0 aliphatic carbocycles. The fraction of sp³-hybridized carbons (Fsp3) is 0.562. The van der Waals surface area contributed by atoms with Gasteiger partial charge < -0.3 is 10.3 Å². The van der Waals surface area contributed by atoms with Gasteiger partial charge in [0.15, 0.2) is 0 Å². The van der Waals surface area contributed by atoms with Crippen LogP contribution in [-0.2, 0) is 6.54 Å². The Morgan fingerprint density at radius 3 is 2.76 bits per heavy atom. The lowest BCUT2D eigenvalue weighted by molar-refractivity contribution is 0.225. The maximum Gasteiger partial charge on any atom is 0.127 e. The highest BCUT2D eigenvalue weighted by Gasteiger charge is 2.26. The number of nitrogens with two attached hydrogens (primary N) is 1. The molecule has 5 heteroatoms. The van der Waals surface area contributed by atoms with Gasteiger partial charge in [-0.1, -0.05) is 6.92 Å². The van der Waals surface area contributed by atoms with Crippen molar-refractivity contribution in [2.24, 2.45) is 5.73 Å². The number of hydrogen-bond donors (Lipinski definition) is 1. The molecule has 2 heterocycles. The number of aromatic nitrogens is 2. The van der Waals surface area contributed by atoms with Crippen LogP contribution in [-0.4, -0.2) is 34.1 Å². The maximum atomic E-state index is 13.5. The summed E-state index contributed by atoms with van der Waals surface area (Å²) < 4.78 is 15.6. The number of hydrogen-bond acceptors (Lipinski definition) is 3. The van der Waals surface area contributed by atoms with Crippen LogP contribution in [0.3, 0.4) is 0 Å². The lowest BCUT2D eigenvalue weighted by atomic mass is 10.2. The predicted molar refractivity (Wildman–Crippen MR) is 82.6 cm³/mol. The number of halogens is 1. The van der Waals surface area contributed by atoms with E-state index in [0.717, 1.165) is 42.9 Å². The Labute approximate surface area is 124 Å². The molecule has 0 amide bonds. The summed E-state index contributed by atoms with van der Waals surface area (Å²) in [6, 6.07) is 5.13. The summed E-state index contributed by atoms with van der Waals surface area (Å²) in [6.45, 7) is 5.72. The summed E-state index contributed by atoms with van der Waals surface area (Å²) in [5.41, 5.74) is 7.48. The molecule has 1 aromatic carbocycles. The Kier molecular flexibility index (Phi) is 4.22. The van der Waals surface area contributed by atoms with E-state index in [2.05, 4.69) is 16.4 Å². The minimum Gasteiger partial charge on any atom is -0.329 e. The molecule has 3 rings (SSSR count). The molecule has 1 saturated heterocycles. The molecule has 1 unspecified atom stereocenters. The van der Waals surface area contributed by atoms with Crippen molar-refractivity contribution >= 4 is 11.0 Å². The van der Waals surface area contributed by atoms with Crippen LogP contribution in [0, 0.1) is 5.82 Å². The van der Waals surface area contributed by atoms with Gasteiger partial charge in [0.2, 0.25) is 0 Å². The molecule has 1 fully saturated rings. The maximum absolute atomic E-state index is 13.5. The molecule has 1 aliphatic heterocycles. The average Bonchev–Trinajstić information content (AvgIpc) is 3.10. The van der Waals surface area contributed by atoms with Gasteiger partial charge in [0, 0.05) is 19.2 Å². The van der Waals surface area contributed by atoms with E-state index in [9.17, 15) is 4.39 Å². The lowest BCUT2D eigenvalue weighted by Gasteiger charge is -2.26. The number of nitrogens with zero attached hydrogens (tertiary/aromatic N) is 3. The Morgan fingerprint density at radius 1 is 1.33 bits per heavy atom. The van der Waals surface area contributed by atoms with E-state index >= 15 is 0 Å². The predicted octanol–water partition coefficient (Wildman–Crippen LogP) is 2.68. The van der Waals surface area contributed by atoms with E-state index in [-0.39, 0.29) is 5.82 Å². The van der Waals surface area contributed by atoms with Crippen LogP contribution in [0.2, 0.25) is 0 Å². The number of rotatable bonds is 5. The molecule has 1 atom stereocenters. The molecule has 1 aromatic heterocycles. The van der Waals surface area contributed by atoms with Gasteiger partial charge >= 0.3 is 0 Å². The van der Waals surface area contributed by atoms with Crippen molar-refractivity contribution in [3.05, 3.63) is 29.8 Å². The SMILES string of the molecule is CCC(c1nc2cc(F)ccc2n1CCN)N1CCCC1. The second-order valence-corrected chi connectivity index (χ2v) is 5.71. The van der Waals surface area contributed by atoms with Crippen LogP contribution < -0.4 is 5.73 Å². The van der Waals surface area contributed by atoms with Crippen molar-refractivity contribution in [1.82, 2.24) is 14.5 Å². The summed E-state index contributed by atoms with van der Waals surface area (Å²) in [7, 11) is 0. The first kappa shape index (κ1) is 14.5. The first-order valence-electron chi connectivity index (χ1n) is 7.84. The second-order valence-electron chi connectivity index (χ2n) is 5.71. The van der Waals surface area contributed by atoms with Gasteiger partial charge in [0.05, 0.1) is 17.1 Å². The van der Waals surface area contributed by atoms with Crippen LogP contribution in [0.15, 0.2) is 18.2 Å². The van der Waals surface area contributed by atoms with Gasteiger partial charge in [-0.2, -0.15) is 0 Å². The van der Waals surface area contributed by atoms with Crippen molar-refractivity contribution in [1.29, 1.82) is 0 Å². The van der Waals surface area contributed by atoms with E-state index in [1.807, 2.05) is 6.07 Å². The van der Waals surface area contributed by atoms with Crippen molar-refractivity contribution in [3.8, 4) is 0 Å². The lowest BCUT2D eigenvalue weighted by Crippen LogP contribution is -2.28. The van der Waals surface area contributed by atoms with Crippen LogP contribution in [0.4, 0.5) is 4.39 Å². The van der Waals surface area contributed by atoms with Crippen molar-refractivity contribution in [2.45, 2.75) is 38.8 Å². The third kappa shape index (κ3) is 2.68. The van der Waals surface area contributed by atoms with Gasteiger partial charge in [-0.3, -0.25) is 4.90 Å². The monoisotopic (exact) mass is 290 g/mol. The van der Waals surface area contributed by atoms with Crippen molar-refractivity contribution in [3.63, 3.8) is 0 Å². The van der Waals surface area contributed by atoms with E-state index in [1.54, 1.807) is 0 Å². The average molecular weight is 290 g/mol. The molecule has 0 spiro atoms. The molecule has 114 valence electrons. The molecule has 1 aliphatic rings. The highest BCUT2D eigenvalue weighted by atomic mass is 19.1. The summed E-state index contributed by atoms with van der Waals surface area (Å²) in [5.74, 6) is 0.797. The highest BCUT2D eigenvalue weighted by molar-refractivity contribution is 5.76. The van der Waals surface area contributed by atoms with E-state index in [0.29, 0.717) is 12.6 Å². The molecule has 0 bridgehead atoms. The first-order chi connectivity index (χ1) is 10.2. The van der Waals surface area contributed by atoms with E-state index < -0.39 is 0 Å². The summed E-state index contributed by atoms with van der Waals surface area (Å²) >= 11 is 0. The van der Waals surface area contributed by atoms with Gasteiger partial charge in [-0.05, 0) is 44.5 Å². The van der Waals surface area contributed by atoms with Crippen LogP contribution in [0.5, 0.6) is 0 Å². The second kappa shape index (κ2) is 6.12. The standard InChI is InChI=1S/C16H23FN4/c1-2-14(20-8-3-4-9-20)16-19-13-11-12(17)5-6-15(13)21(16)10-7-18/h5-6,11,14H,2-4,7-10,18H2,1H3. The first-order valence-corrected chi connectivity index (χ1v) is 7.84. The highest BCUT2D eigenvalue weighted by Crippen LogP contribution is 2.30. The van der Waals surface area contributed by atoms with Crippen molar-refractivity contribution < 1.29 is 4.39 Å². The smallest absolute Gasteiger partial charge is 0.127 e. The number of imidazole rings is 1. The van der Waals surface area contributed by atoms with Gasteiger partial charge in [-0.25, -0.2) is 9.37 Å². The Morgan fingerprint density at radius 2 is 2.10 bits per heavy atom. The van der Waals surface area contributed by atoms with Gasteiger partial charge in [0.1, 0.15) is 11.6 Å². The van der Waals surface area contributed by atoms with Crippen LogP contribution in [0.25, 0.3) is 11.0 Å². The van der Waals surface area contributed by atoms with Crippen LogP contribution in [0.1, 0.15) is 38.1 Å². The Balaban J connectivity index is 2.08. The van der Waals surface area contributed by atoms with E-state index in [1.165, 1.54) is 25.0 Å². The van der Waals surface area contributed by atoms with Gasteiger partial charge in [0.25, 0.3) is 0 Å². The largest absolute Gasteiger partial charge is 0.329 e. The number of fused-ring (bicyclic) bond motifs is 1. The Hall–Kier alpha value is -1.46. The summed E-state index contributed by atoms with van der Waals surface area (Å²) in [4.78, 5) is 7.22. The zero-order chi connectivity index (χ0) is 14.8. The number of likely N-dealkylation sites (tertiary alicyclic amines) is 1. The molecule has 2 N–H and O–H groups in total. The molecular weight excluding hydrogens is 267 g/mol. The fourth-order valence-electron chi connectivity index (χ4n) is 3.40. The zero-order valence-corrected chi connectivity index (χ0v) is 12.6. The van der Waals surface area contributed by atoms with Gasteiger partial charge in [-0.15, -0.1) is 0 Å². The minimum atomic E-state index is -0.235. The summed E-state index contributed by atoms with van der Waals surface area (Å²) in [6.07, 6.45) is 3.51. The number of benzene rings is 1. The topological polar surface area (TPSA) is 47.1 Å². The fourth-order valence-corrected chi connectivity index (χ4v) is 3.40.